The van der Waals surface area contributed by atoms with Crippen LogP contribution in [0.3, 0.4) is 0 Å². The number of hydrogen-bond acceptors (Lipinski definition) is 5. The molecule has 140 valence electrons. The monoisotopic (exact) mass is 400 g/mol. The maximum absolute atomic E-state index is 12.2. The van der Waals surface area contributed by atoms with Crippen LogP contribution in [0, 0.1) is 6.92 Å². The number of nitrogens with one attached hydrogen (secondary N) is 2. The van der Waals surface area contributed by atoms with Crippen molar-refractivity contribution in [3.05, 3.63) is 86.6 Å². The van der Waals surface area contributed by atoms with Gasteiger partial charge in [-0.15, -0.1) is 0 Å². The van der Waals surface area contributed by atoms with E-state index in [1.54, 1.807) is 24.2 Å². The normalized spacial score (nSPS) is 10.7. The zero-order chi connectivity index (χ0) is 19.1. The van der Waals surface area contributed by atoms with Crippen LogP contribution in [-0.2, 0) is 12.2 Å². The predicted octanol–water partition coefficient (Wildman–Crippen LogP) is 4.06. The number of hydrogen-bond donors (Lipinski definition) is 2. The molecule has 0 aliphatic carbocycles. The van der Waals surface area contributed by atoms with Crippen LogP contribution in [0.4, 0.5) is 5.95 Å². The number of thioether (sulfide) groups is 1. The van der Waals surface area contributed by atoms with Crippen molar-refractivity contribution in [3.63, 3.8) is 0 Å². The zero-order valence-corrected chi connectivity index (χ0v) is 16.6. The molecule has 0 aliphatic rings. The van der Waals surface area contributed by atoms with Crippen molar-refractivity contribution in [1.82, 2.24) is 15.0 Å². The maximum atomic E-state index is 12.2. The molecule has 2 N–H and O–H groups in total. The Morgan fingerprint density at radius 2 is 1.96 bits per heavy atom. The van der Waals surface area contributed by atoms with E-state index in [1.165, 1.54) is 0 Å². The first-order chi connectivity index (χ1) is 13.1. The Labute approximate surface area is 167 Å². The van der Waals surface area contributed by atoms with Crippen LogP contribution in [-0.4, -0.2) is 27.2 Å². The molecule has 0 unspecified atom stereocenters. The molecule has 0 radical (unpaired) electrons. The molecule has 0 fully saturated rings. The minimum absolute atomic E-state index is 0.128. The van der Waals surface area contributed by atoms with Crippen molar-refractivity contribution >= 4 is 29.3 Å². The van der Waals surface area contributed by atoms with Gasteiger partial charge in [0, 0.05) is 53.1 Å². The highest BCUT2D eigenvalue weighted by Crippen LogP contribution is 2.20. The maximum Gasteiger partial charge on any atom is 0.255 e. The highest BCUT2D eigenvalue weighted by Gasteiger charge is 2.05. The van der Waals surface area contributed by atoms with E-state index in [0.717, 1.165) is 33.3 Å². The molecule has 3 rings (SSSR count). The molecule has 0 saturated heterocycles. The van der Waals surface area contributed by atoms with Gasteiger partial charge in [-0.25, -0.2) is 4.98 Å². The Morgan fingerprint density at radius 3 is 2.70 bits per heavy atom. The van der Waals surface area contributed by atoms with Gasteiger partial charge in [-0.3, -0.25) is 14.8 Å². The second-order valence-corrected chi connectivity index (χ2v) is 7.65. The number of rotatable bonds is 8. The Bertz CT molecular complexity index is 943. The van der Waals surface area contributed by atoms with Crippen LogP contribution >= 0.6 is 23.4 Å². The van der Waals surface area contributed by atoms with Gasteiger partial charge in [0.25, 0.3) is 5.56 Å². The molecule has 1 aromatic carbocycles. The lowest BCUT2D eigenvalue weighted by Crippen LogP contribution is -2.18. The number of halogens is 1. The second-order valence-electron chi connectivity index (χ2n) is 6.14. The number of aryl methyl sites for hydroxylation is 1. The molecule has 0 atom stereocenters. The average Bonchev–Trinajstić information content (AvgIpc) is 2.67. The Morgan fingerprint density at radius 1 is 1.11 bits per heavy atom. The van der Waals surface area contributed by atoms with Crippen molar-refractivity contribution < 1.29 is 0 Å². The first-order valence-electron chi connectivity index (χ1n) is 8.66. The molecule has 2 aromatic heterocycles. The fraction of sp³-hybridized carbons (Fsp3) is 0.250. The molecular weight excluding hydrogens is 380 g/mol. The van der Waals surface area contributed by atoms with Gasteiger partial charge in [0.1, 0.15) is 0 Å². The van der Waals surface area contributed by atoms with Crippen molar-refractivity contribution in [3.8, 4) is 0 Å². The number of anilines is 1. The van der Waals surface area contributed by atoms with Gasteiger partial charge < -0.3 is 5.32 Å². The minimum Gasteiger partial charge on any atom is -0.355 e. The summed E-state index contributed by atoms with van der Waals surface area (Å²) in [5.74, 6) is 2.23. The number of pyridine rings is 1. The molecule has 0 amide bonds. The van der Waals surface area contributed by atoms with Crippen molar-refractivity contribution in [2.75, 3.05) is 17.6 Å². The van der Waals surface area contributed by atoms with Crippen molar-refractivity contribution in [2.45, 2.75) is 19.1 Å². The Hall–Kier alpha value is -2.31. The van der Waals surface area contributed by atoms with E-state index in [1.807, 2.05) is 43.3 Å². The number of aromatic amines is 1. The topological polar surface area (TPSA) is 70.7 Å². The summed E-state index contributed by atoms with van der Waals surface area (Å²) < 4.78 is 0. The van der Waals surface area contributed by atoms with Gasteiger partial charge in [-0.1, -0.05) is 35.9 Å². The average molecular weight is 401 g/mol. The number of benzene rings is 1. The summed E-state index contributed by atoms with van der Waals surface area (Å²) in [4.78, 5) is 23.6. The quantitative estimate of drug-likeness (QED) is 0.558. The number of H-pyrrole nitrogens is 1. The second kappa shape index (κ2) is 9.58. The summed E-state index contributed by atoms with van der Waals surface area (Å²) in [5.41, 5.74) is 3.57. The molecule has 0 saturated carbocycles. The largest absolute Gasteiger partial charge is 0.355 e. The lowest BCUT2D eigenvalue weighted by Gasteiger charge is -2.07. The standard InChI is InChI=1S/C20H21ClN4OS/c1-14-6-7-15(11-23-14)10-17-12-24-20(25-19(17)26)22-8-9-27-13-16-4-2-3-5-18(16)21/h2-7,11-12H,8-10,13H2,1H3,(H2,22,24,25,26). The molecule has 0 aliphatic heterocycles. The number of nitrogens with zero attached hydrogens (tertiary/aromatic N) is 2. The van der Waals surface area contributed by atoms with Gasteiger partial charge in [0.15, 0.2) is 0 Å². The molecule has 2 heterocycles. The summed E-state index contributed by atoms with van der Waals surface area (Å²) in [7, 11) is 0. The lowest BCUT2D eigenvalue weighted by molar-refractivity contribution is 0.999. The molecule has 3 aromatic rings. The van der Waals surface area contributed by atoms with E-state index >= 15 is 0 Å². The third-order valence-corrected chi connectivity index (χ3v) is 5.37. The van der Waals surface area contributed by atoms with Gasteiger partial charge in [0.2, 0.25) is 5.95 Å². The summed E-state index contributed by atoms with van der Waals surface area (Å²) in [6, 6.07) is 11.8. The summed E-state index contributed by atoms with van der Waals surface area (Å²) >= 11 is 7.92. The highest BCUT2D eigenvalue weighted by molar-refractivity contribution is 7.98. The molecule has 27 heavy (non-hydrogen) atoms. The van der Waals surface area contributed by atoms with Crippen LogP contribution in [0.15, 0.2) is 53.6 Å². The molecular formula is C20H21ClN4OS. The lowest BCUT2D eigenvalue weighted by atomic mass is 10.1. The summed E-state index contributed by atoms with van der Waals surface area (Å²) in [6.45, 7) is 2.64. The van der Waals surface area contributed by atoms with Gasteiger partial charge in [-0.05, 0) is 30.2 Å². The molecule has 0 spiro atoms. The Kier molecular flexibility index (Phi) is 6.90. The van der Waals surface area contributed by atoms with E-state index in [9.17, 15) is 4.79 Å². The van der Waals surface area contributed by atoms with Crippen LogP contribution in [0.1, 0.15) is 22.4 Å². The minimum atomic E-state index is -0.128. The van der Waals surface area contributed by atoms with Crippen molar-refractivity contribution in [2.24, 2.45) is 0 Å². The van der Waals surface area contributed by atoms with E-state index in [-0.39, 0.29) is 5.56 Å². The highest BCUT2D eigenvalue weighted by atomic mass is 35.5. The van der Waals surface area contributed by atoms with Crippen LogP contribution < -0.4 is 10.9 Å². The van der Waals surface area contributed by atoms with Crippen LogP contribution in [0.2, 0.25) is 5.02 Å². The fourth-order valence-electron chi connectivity index (χ4n) is 2.50. The van der Waals surface area contributed by atoms with Crippen LogP contribution in [0.5, 0.6) is 0 Å². The first-order valence-corrected chi connectivity index (χ1v) is 10.2. The van der Waals surface area contributed by atoms with Gasteiger partial charge in [0.05, 0.1) is 0 Å². The Balaban J connectivity index is 1.47. The van der Waals surface area contributed by atoms with Crippen LogP contribution in [0.25, 0.3) is 0 Å². The van der Waals surface area contributed by atoms with E-state index < -0.39 is 0 Å². The van der Waals surface area contributed by atoms with E-state index in [4.69, 9.17) is 11.6 Å². The number of aromatic nitrogens is 3. The van der Waals surface area contributed by atoms with Crippen molar-refractivity contribution in [1.29, 1.82) is 0 Å². The molecule has 5 nitrogen and oxygen atoms in total. The van der Waals surface area contributed by atoms with Gasteiger partial charge in [-0.2, -0.15) is 11.8 Å². The third kappa shape index (κ3) is 5.84. The summed E-state index contributed by atoms with van der Waals surface area (Å²) in [5, 5.41) is 3.95. The first kappa shape index (κ1) is 19.5. The van der Waals surface area contributed by atoms with E-state index in [0.29, 0.717) is 24.5 Å². The summed E-state index contributed by atoms with van der Waals surface area (Å²) in [6.07, 6.45) is 3.93. The zero-order valence-electron chi connectivity index (χ0n) is 15.0. The van der Waals surface area contributed by atoms with E-state index in [2.05, 4.69) is 20.3 Å². The molecule has 7 heteroatoms. The SMILES string of the molecule is Cc1ccc(Cc2cnc(NCCSCc3ccccc3Cl)[nH]c2=O)cn1. The fourth-order valence-corrected chi connectivity index (χ4v) is 3.64. The molecule has 0 bridgehead atoms. The third-order valence-electron chi connectivity index (χ3n) is 3.99. The smallest absolute Gasteiger partial charge is 0.255 e. The predicted molar refractivity (Wildman–Crippen MR) is 113 cm³/mol. The van der Waals surface area contributed by atoms with Gasteiger partial charge >= 0.3 is 0 Å².